The molecule has 2 aromatic rings. The van der Waals surface area contributed by atoms with Crippen molar-refractivity contribution in [3.63, 3.8) is 0 Å². The fourth-order valence-electron chi connectivity index (χ4n) is 3.11. The molecule has 1 fully saturated rings. The molecule has 1 aliphatic rings. The lowest BCUT2D eigenvalue weighted by Gasteiger charge is -2.17. The van der Waals surface area contributed by atoms with Crippen LogP contribution in [0.15, 0.2) is 60.7 Å². The molecule has 1 aliphatic carbocycles. The minimum atomic E-state index is -1.10. The van der Waals surface area contributed by atoms with Crippen LogP contribution >= 0.6 is 0 Å². The van der Waals surface area contributed by atoms with Crippen LogP contribution in [0.4, 0.5) is 0 Å². The average molecular weight is 446 g/mol. The molecular weight excluding hydrogens is 418 g/mol. The smallest absolute Gasteiger partial charge is 0.267 e. The summed E-state index contributed by atoms with van der Waals surface area (Å²) >= 11 is 0. The van der Waals surface area contributed by atoms with Crippen LogP contribution < -0.4 is 16.1 Å². The predicted octanol–water partition coefficient (Wildman–Crippen LogP) is 2.66. The number of benzene rings is 2. The molecule has 3 amide bonds. The molecule has 0 aromatic heterocycles. The number of carbonyl (C=O) groups is 3. The van der Waals surface area contributed by atoms with Crippen molar-refractivity contribution in [3.05, 3.63) is 77.4 Å². The summed E-state index contributed by atoms with van der Waals surface area (Å²) in [5.74, 6) is 5.08. The molecule has 1 saturated carbocycles. The van der Waals surface area contributed by atoms with Crippen molar-refractivity contribution in [3.8, 4) is 11.8 Å². The molecule has 4 N–H and O–H groups in total. The second-order valence-electron chi connectivity index (χ2n) is 7.88. The molecule has 0 unspecified atom stereocenters. The minimum Gasteiger partial charge on any atom is -0.353 e. The van der Waals surface area contributed by atoms with Gasteiger partial charge in [-0.3, -0.25) is 19.6 Å². The van der Waals surface area contributed by atoms with Crippen LogP contribution in [0.1, 0.15) is 47.2 Å². The first kappa shape index (κ1) is 23.8. The third kappa shape index (κ3) is 8.28. The van der Waals surface area contributed by atoms with Gasteiger partial charge in [-0.05, 0) is 54.3 Å². The van der Waals surface area contributed by atoms with Crippen LogP contribution in [-0.2, 0) is 9.59 Å². The molecule has 0 aliphatic heterocycles. The number of allylic oxidation sites excluding steroid dienone is 1. The van der Waals surface area contributed by atoms with Gasteiger partial charge in [-0.15, -0.1) is 0 Å². The van der Waals surface area contributed by atoms with E-state index in [2.05, 4.69) is 22.5 Å². The SMILES string of the molecule is O=C(CCC1CC1)NC[C@H](NC(=O)c1ccc(C#C/C=C/c2ccccc2)cc1)C(=O)NO. The van der Waals surface area contributed by atoms with Gasteiger partial charge in [0, 0.05) is 24.1 Å². The highest BCUT2D eigenvalue weighted by Gasteiger charge is 2.24. The summed E-state index contributed by atoms with van der Waals surface area (Å²) in [7, 11) is 0. The number of amides is 3. The zero-order valence-corrected chi connectivity index (χ0v) is 18.2. The molecule has 7 heteroatoms. The van der Waals surface area contributed by atoms with Crippen molar-refractivity contribution >= 4 is 23.8 Å². The van der Waals surface area contributed by atoms with Gasteiger partial charge in [0.25, 0.3) is 11.8 Å². The van der Waals surface area contributed by atoms with E-state index in [9.17, 15) is 14.4 Å². The maximum absolute atomic E-state index is 12.5. The summed E-state index contributed by atoms with van der Waals surface area (Å²) in [5.41, 5.74) is 3.64. The molecule has 1 atom stereocenters. The van der Waals surface area contributed by atoms with Crippen LogP contribution in [0.5, 0.6) is 0 Å². The second-order valence-corrected chi connectivity index (χ2v) is 7.88. The van der Waals surface area contributed by atoms with E-state index >= 15 is 0 Å². The maximum atomic E-state index is 12.5. The van der Waals surface area contributed by atoms with Crippen LogP contribution in [0.25, 0.3) is 6.08 Å². The van der Waals surface area contributed by atoms with Gasteiger partial charge in [0.15, 0.2) is 0 Å². The molecule has 33 heavy (non-hydrogen) atoms. The molecule has 0 bridgehead atoms. The highest BCUT2D eigenvalue weighted by molar-refractivity contribution is 5.97. The van der Waals surface area contributed by atoms with Crippen LogP contribution in [0.3, 0.4) is 0 Å². The summed E-state index contributed by atoms with van der Waals surface area (Å²) in [6.45, 7) is -0.112. The van der Waals surface area contributed by atoms with Crippen molar-refractivity contribution in [1.29, 1.82) is 0 Å². The highest BCUT2D eigenvalue weighted by atomic mass is 16.5. The molecule has 0 heterocycles. The summed E-state index contributed by atoms with van der Waals surface area (Å²) in [5, 5.41) is 14.1. The summed E-state index contributed by atoms with van der Waals surface area (Å²) in [4.78, 5) is 36.4. The van der Waals surface area contributed by atoms with Gasteiger partial charge in [0.1, 0.15) is 6.04 Å². The topological polar surface area (TPSA) is 108 Å². The third-order valence-electron chi connectivity index (χ3n) is 5.23. The summed E-state index contributed by atoms with van der Waals surface area (Å²) < 4.78 is 0. The van der Waals surface area contributed by atoms with Gasteiger partial charge in [-0.1, -0.05) is 55.0 Å². The number of hydrogen-bond donors (Lipinski definition) is 4. The fourth-order valence-corrected chi connectivity index (χ4v) is 3.11. The number of carbonyl (C=O) groups excluding carboxylic acids is 3. The average Bonchev–Trinajstić information content (AvgIpc) is 3.68. The molecule has 170 valence electrons. The summed E-state index contributed by atoms with van der Waals surface area (Å²) in [6, 6.07) is 15.3. The molecule has 7 nitrogen and oxygen atoms in total. The molecule has 3 rings (SSSR count). The van der Waals surface area contributed by atoms with E-state index in [-0.39, 0.29) is 12.5 Å². The normalized spacial score (nSPS) is 13.5. The summed E-state index contributed by atoms with van der Waals surface area (Å²) in [6.07, 6.45) is 7.20. The van der Waals surface area contributed by atoms with Crippen molar-refractivity contribution in [1.82, 2.24) is 16.1 Å². The predicted molar refractivity (Wildman–Crippen MR) is 125 cm³/mol. The van der Waals surface area contributed by atoms with E-state index in [1.165, 1.54) is 5.48 Å². The van der Waals surface area contributed by atoms with E-state index in [4.69, 9.17) is 5.21 Å². The minimum absolute atomic E-state index is 0.112. The first-order valence-corrected chi connectivity index (χ1v) is 10.9. The first-order chi connectivity index (χ1) is 16.0. The Morgan fingerprint density at radius 1 is 1.06 bits per heavy atom. The Labute approximate surface area is 193 Å². The number of rotatable bonds is 9. The van der Waals surface area contributed by atoms with Crippen LogP contribution in [-0.4, -0.2) is 35.5 Å². The molecular formula is C26H27N3O4. The van der Waals surface area contributed by atoms with E-state index in [1.54, 1.807) is 30.3 Å². The second kappa shape index (κ2) is 12.2. The third-order valence-corrected chi connectivity index (χ3v) is 5.23. The van der Waals surface area contributed by atoms with Crippen molar-refractivity contribution in [2.24, 2.45) is 5.92 Å². The Kier molecular flexibility index (Phi) is 8.80. The zero-order chi connectivity index (χ0) is 23.5. The van der Waals surface area contributed by atoms with Gasteiger partial charge in [0.2, 0.25) is 5.91 Å². The van der Waals surface area contributed by atoms with Crippen molar-refractivity contribution in [2.75, 3.05) is 6.54 Å². The van der Waals surface area contributed by atoms with Crippen molar-refractivity contribution in [2.45, 2.75) is 31.7 Å². The van der Waals surface area contributed by atoms with Gasteiger partial charge < -0.3 is 10.6 Å². The van der Waals surface area contributed by atoms with Gasteiger partial charge >= 0.3 is 0 Å². The maximum Gasteiger partial charge on any atom is 0.267 e. The lowest BCUT2D eigenvalue weighted by molar-refractivity contribution is -0.131. The lowest BCUT2D eigenvalue weighted by atomic mass is 10.1. The van der Waals surface area contributed by atoms with Crippen LogP contribution in [0.2, 0.25) is 0 Å². The number of hydroxylamine groups is 1. The lowest BCUT2D eigenvalue weighted by Crippen LogP contribution is -2.52. The highest BCUT2D eigenvalue weighted by Crippen LogP contribution is 2.33. The Hall–Kier alpha value is -3.89. The molecule has 2 aromatic carbocycles. The Morgan fingerprint density at radius 2 is 1.79 bits per heavy atom. The van der Waals surface area contributed by atoms with Gasteiger partial charge in [-0.2, -0.15) is 0 Å². The monoisotopic (exact) mass is 445 g/mol. The first-order valence-electron chi connectivity index (χ1n) is 10.9. The van der Waals surface area contributed by atoms with Crippen LogP contribution in [0, 0.1) is 17.8 Å². The van der Waals surface area contributed by atoms with Gasteiger partial charge in [-0.25, -0.2) is 5.48 Å². The van der Waals surface area contributed by atoms with E-state index in [0.717, 1.165) is 30.4 Å². The Balaban J connectivity index is 1.52. The Bertz CT molecular complexity index is 1050. The molecule has 0 radical (unpaired) electrons. The molecule has 0 saturated heterocycles. The zero-order valence-electron chi connectivity index (χ0n) is 18.2. The van der Waals surface area contributed by atoms with E-state index < -0.39 is 17.9 Å². The standard InChI is InChI=1S/C26H27N3O4/c30-24(17-14-21-10-11-21)27-18-23(26(32)29-33)28-25(31)22-15-12-20(13-16-22)9-5-4-8-19-6-2-1-3-7-19/h1-4,6-8,12-13,15-16,21,23,33H,10-11,14,17-18H2,(H,27,30)(H,28,31)(H,29,32)/b8-4+/t23-/m0/s1. The van der Waals surface area contributed by atoms with E-state index in [0.29, 0.717) is 17.9 Å². The van der Waals surface area contributed by atoms with Gasteiger partial charge in [0.05, 0.1) is 0 Å². The number of nitrogens with one attached hydrogen (secondary N) is 3. The van der Waals surface area contributed by atoms with Crippen molar-refractivity contribution < 1.29 is 19.6 Å². The number of hydrogen-bond acceptors (Lipinski definition) is 4. The molecule has 0 spiro atoms. The largest absolute Gasteiger partial charge is 0.353 e. The Morgan fingerprint density at radius 3 is 2.45 bits per heavy atom. The quantitative estimate of drug-likeness (QED) is 0.270. The fraction of sp³-hybridized carbons (Fsp3) is 0.269. The van der Waals surface area contributed by atoms with E-state index in [1.807, 2.05) is 36.4 Å².